The maximum Gasteiger partial charge on any atom is 0.330 e. The van der Waals surface area contributed by atoms with Crippen LogP contribution in [0.3, 0.4) is 0 Å². The number of rotatable bonds is 3. The quantitative estimate of drug-likeness (QED) is 0.739. The maximum absolute atomic E-state index is 11.8. The SMILES string of the molecule is COC(=O)C(C)(C)NC(=O)c1ncccc1N. The molecule has 0 bridgehead atoms. The molecule has 0 saturated heterocycles. The smallest absolute Gasteiger partial charge is 0.330 e. The van der Waals surface area contributed by atoms with Gasteiger partial charge in [-0.25, -0.2) is 9.78 Å². The van der Waals surface area contributed by atoms with Gasteiger partial charge in [0.2, 0.25) is 0 Å². The summed E-state index contributed by atoms with van der Waals surface area (Å²) in [4.78, 5) is 27.1. The van der Waals surface area contributed by atoms with Crippen molar-refractivity contribution in [3.05, 3.63) is 24.0 Å². The Balaban J connectivity index is 2.87. The minimum atomic E-state index is -1.13. The number of nitrogens with one attached hydrogen (secondary N) is 1. The molecule has 1 heterocycles. The molecule has 1 aromatic heterocycles. The van der Waals surface area contributed by atoms with Gasteiger partial charge >= 0.3 is 5.97 Å². The fourth-order valence-electron chi connectivity index (χ4n) is 1.26. The van der Waals surface area contributed by atoms with Gasteiger partial charge in [0.25, 0.3) is 5.91 Å². The van der Waals surface area contributed by atoms with E-state index in [2.05, 4.69) is 15.0 Å². The van der Waals surface area contributed by atoms with E-state index in [9.17, 15) is 9.59 Å². The van der Waals surface area contributed by atoms with E-state index in [0.717, 1.165) is 0 Å². The number of nitrogens with zero attached hydrogens (tertiary/aromatic N) is 1. The number of carbonyl (C=O) groups excluding carboxylic acids is 2. The highest BCUT2D eigenvalue weighted by Gasteiger charge is 2.31. The number of amides is 1. The number of nitrogen functional groups attached to an aromatic ring is 1. The van der Waals surface area contributed by atoms with Gasteiger partial charge in [-0.3, -0.25) is 4.79 Å². The molecule has 1 aromatic rings. The zero-order valence-electron chi connectivity index (χ0n) is 9.98. The first-order chi connectivity index (χ1) is 7.88. The number of anilines is 1. The molecular weight excluding hydrogens is 222 g/mol. The van der Waals surface area contributed by atoms with Crippen LogP contribution >= 0.6 is 0 Å². The molecule has 0 saturated carbocycles. The van der Waals surface area contributed by atoms with E-state index < -0.39 is 17.4 Å². The standard InChI is InChI=1S/C11H15N3O3/c1-11(2,10(16)17-3)14-9(15)8-7(12)5-4-6-13-8/h4-6H,12H2,1-3H3,(H,14,15). The van der Waals surface area contributed by atoms with Gasteiger partial charge in [-0.1, -0.05) is 0 Å². The summed E-state index contributed by atoms with van der Waals surface area (Å²) in [5.41, 5.74) is 4.82. The van der Waals surface area contributed by atoms with Crippen molar-refractivity contribution >= 4 is 17.6 Å². The van der Waals surface area contributed by atoms with Crippen molar-refractivity contribution in [3.63, 3.8) is 0 Å². The molecule has 0 atom stereocenters. The molecule has 0 spiro atoms. The van der Waals surface area contributed by atoms with Gasteiger partial charge in [0.1, 0.15) is 5.54 Å². The van der Waals surface area contributed by atoms with Crippen LogP contribution in [0.2, 0.25) is 0 Å². The molecule has 1 amide bonds. The summed E-state index contributed by atoms with van der Waals surface area (Å²) in [5, 5.41) is 2.51. The fourth-order valence-corrected chi connectivity index (χ4v) is 1.26. The highest BCUT2D eigenvalue weighted by molar-refractivity contribution is 5.99. The van der Waals surface area contributed by atoms with Crippen LogP contribution in [0.25, 0.3) is 0 Å². The van der Waals surface area contributed by atoms with Crippen LogP contribution in [-0.2, 0) is 9.53 Å². The molecule has 6 heteroatoms. The second-order valence-corrected chi connectivity index (χ2v) is 4.01. The van der Waals surface area contributed by atoms with Crippen molar-refractivity contribution in [1.82, 2.24) is 10.3 Å². The number of pyridine rings is 1. The molecular formula is C11H15N3O3. The van der Waals surface area contributed by atoms with E-state index in [0.29, 0.717) is 0 Å². The van der Waals surface area contributed by atoms with Crippen LogP contribution in [0.5, 0.6) is 0 Å². The Hall–Kier alpha value is -2.11. The lowest BCUT2D eigenvalue weighted by Gasteiger charge is -2.22. The lowest BCUT2D eigenvalue weighted by molar-refractivity contribution is -0.146. The number of methoxy groups -OCH3 is 1. The molecule has 1 rings (SSSR count). The number of aromatic nitrogens is 1. The molecule has 0 aliphatic heterocycles. The molecule has 0 fully saturated rings. The van der Waals surface area contributed by atoms with Crippen LogP contribution in [0.4, 0.5) is 5.69 Å². The monoisotopic (exact) mass is 237 g/mol. The zero-order chi connectivity index (χ0) is 13.1. The van der Waals surface area contributed by atoms with Crippen molar-refractivity contribution in [2.75, 3.05) is 12.8 Å². The Labute approximate surface area is 99.2 Å². The average molecular weight is 237 g/mol. The minimum absolute atomic E-state index is 0.0875. The Morgan fingerprint density at radius 3 is 2.65 bits per heavy atom. The van der Waals surface area contributed by atoms with Gasteiger partial charge in [0.15, 0.2) is 5.69 Å². The molecule has 0 radical (unpaired) electrons. The summed E-state index contributed by atoms with van der Waals surface area (Å²) in [5.74, 6) is -1.06. The van der Waals surface area contributed by atoms with Crippen LogP contribution in [-0.4, -0.2) is 29.5 Å². The van der Waals surface area contributed by atoms with Crippen molar-refractivity contribution in [2.45, 2.75) is 19.4 Å². The first-order valence-corrected chi connectivity index (χ1v) is 5.00. The predicted octanol–water partition coefficient (Wildman–Crippen LogP) is 0.345. The number of hydrogen-bond donors (Lipinski definition) is 2. The van der Waals surface area contributed by atoms with Crippen molar-refractivity contribution in [2.24, 2.45) is 0 Å². The Kier molecular flexibility index (Phi) is 3.67. The lowest BCUT2D eigenvalue weighted by Crippen LogP contribution is -2.50. The first-order valence-electron chi connectivity index (χ1n) is 5.00. The van der Waals surface area contributed by atoms with Crippen molar-refractivity contribution < 1.29 is 14.3 Å². The van der Waals surface area contributed by atoms with Gasteiger partial charge in [-0.15, -0.1) is 0 Å². The molecule has 17 heavy (non-hydrogen) atoms. The molecule has 3 N–H and O–H groups in total. The molecule has 0 aromatic carbocycles. The summed E-state index contributed by atoms with van der Waals surface area (Å²) >= 11 is 0. The molecule has 0 unspecified atom stereocenters. The molecule has 0 aliphatic carbocycles. The second kappa shape index (κ2) is 4.82. The van der Waals surface area contributed by atoms with Crippen LogP contribution in [0.1, 0.15) is 24.3 Å². The Morgan fingerprint density at radius 1 is 1.47 bits per heavy atom. The summed E-state index contributed by atoms with van der Waals surface area (Å²) < 4.78 is 4.58. The molecule has 92 valence electrons. The lowest BCUT2D eigenvalue weighted by atomic mass is 10.1. The minimum Gasteiger partial charge on any atom is -0.467 e. The Morgan fingerprint density at radius 2 is 2.12 bits per heavy atom. The van der Waals surface area contributed by atoms with E-state index in [1.54, 1.807) is 12.1 Å². The van der Waals surface area contributed by atoms with Gasteiger partial charge in [0.05, 0.1) is 12.8 Å². The van der Waals surface area contributed by atoms with E-state index in [-0.39, 0.29) is 11.4 Å². The zero-order valence-corrected chi connectivity index (χ0v) is 9.98. The third kappa shape index (κ3) is 2.93. The summed E-state index contributed by atoms with van der Waals surface area (Å²) in [7, 11) is 1.26. The normalized spacial score (nSPS) is 10.8. The fraction of sp³-hybridized carbons (Fsp3) is 0.364. The second-order valence-electron chi connectivity index (χ2n) is 4.01. The molecule has 6 nitrogen and oxygen atoms in total. The van der Waals surface area contributed by atoms with Gasteiger partial charge < -0.3 is 15.8 Å². The first kappa shape index (κ1) is 13.0. The largest absolute Gasteiger partial charge is 0.467 e. The topological polar surface area (TPSA) is 94.3 Å². The highest BCUT2D eigenvalue weighted by Crippen LogP contribution is 2.10. The third-order valence-electron chi connectivity index (χ3n) is 2.18. The van der Waals surface area contributed by atoms with E-state index in [4.69, 9.17) is 5.73 Å². The summed E-state index contributed by atoms with van der Waals surface area (Å²) in [6.07, 6.45) is 1.45. The predicted molar refractivity (Wildman–Crippen MR) is 62.2 cm³/mol. The Bertz CT molecular complexity index is 443. The van der Waals surface area contributed by atoms with Gasteiger partial charge in [-0.05, 0) is 26.0 Å². The van der Waals surface area contributed by atoms with Crippen LogP contribution in [0, 0.1) is 0 Å². The molecule has 0 aliphatic rings. The van der Waals surface area contributed by atoms with E-state index >= 15 is 0 Å². The number of carbonyl (C=O) groups is 2. The van der Waals surface area contributed by atoms with Crippen LogP contribution < -0.4 is 11.1 Å². The highest BCUT2D eigenvalue weighted by atomic mass is 16.5. The average Bonchev–Trinajstić information content (AvgIpc) is 2.27. The van der Waals surface area contributed by atoms with Gasteiger partial charge in [0, 0.05) is 6.20 Å². The third-order valence-corrected chi connectivity index (χ3v) is 2.18. The van der Waals surface area contributed by atoms with Crippen molar-refractivity contribution in [3.8, 4) is 0 Å². The van der Waals surface area contributed by atoms with E-state index in [1.807, 2.05) is 0 Å². The number of nitrogens with two attached hydrogens (primary N) is 1. The summed E-state index contributed by atoms with van der Waals surface area (Å²) in [6, 6.07) is 3.19. The number of hydrogen-bond acceptors (Lipinski definition) is 5. The maximum atomic E-state index is 11.8. The van der Waals surface area contributed by atoms with Gasteiger partial charge in [-0.2, -0.15) is 0 Å². The number of ether oxygens (including phenoxy) is 1. The summed E-state index contributed by atoms with van der Waals surface area (Å²) in [6.45, 7) is 3.08. The van der Waals surface area contributed by atoms with Crippen molar-refractivity contribution in [1.29, 1.82) is 0 Å². The van der Waals surface area contributed by atoms with Crippen LogP contribution in [0.15, 0.2) is 18.3 Å². The van der Waals surface area contributed by atoms with E-state index in [1.165, 1.54) is 27.2 Å². The number of esters is 1.